The molecular weight excluding hydrogens is 200 g/mol. The van der Waals surface area contributed by atoms with Crippen LogP contribution in [0.4, 0.5) is 0 Å². The minimum Gasteiger partial charge on any atom is -0.391 e. The van der Waals surface area contributed by atoms with Crippen LogP contribution in [0.1, 0.15) is 22.5 Å². The van der Waals surface area contributed by atoms with Gasteiger partial charge in [0.05, 0.1) is 17.8 Å². The summed E-state index contributed by atoms with van der Waals surface area (Å²) in [6, 6.07) is 0. The number of aromatic nitrogens is 1. The fourth-order valence-corrected chi connectivity index (χ4v) is 2.20. The van der Waals surface area contributed by atoms with Gasteiger partial charge in [-0.15, -0.1) is 11.3 Å². The van der Waals surface area contributed by atoms with E-state index < -0.39 is 0 Å². The van der Waals surface area contributed by atoms with Crippen molar-refractivity contribution in [3.8, 4) is 0 Å². The number of hydrogen-bond acceptors (Lipinski definition) is 4. The third kappa shape index (κ3) is 1.93. The maximum absolute atomic E-state index is 11.8. The second kappa shape index (κ2) is 4.06. The van der Waals surface area contributed by atoms with Crippen LogP contribution >= 0.6 is 11.3 Å². The highest BCUT2D eigenvalue weighted by molar-refractivity contribution is 7.11. The average molecular weight is 212 g/mol. The van der Waals surface area contributed by atoms with Gasteiger partial charge in [0.2, 0.25) is 0 Å². The molecule has 1 aliphatic rings. The molecule has 0 bridgehead atoms. The van der Waals surface area contributed by atoms with Crippen molar-refractivity contribution in [2.45, 2.75) is 18.9 Å². The van der Waals surface area contributed by atoms with Crippen molar-refractivity contribution in [3.63, 3.8) is 0 Å². The van der Waals surface area contributed by atoms with Crippen LogP contribution < -0.4 is 0 Å². The minimum atomic E-state index is -0.361. The van der Waals surface area contributed by atoms with E-state index in [-0.39, 0.29) is 12.0 Å². The number of carbonyl (C=O) groups excluding carboxylic acids is 1. The van der Waals surface area contributed by atoms with Gasteiger partial charge in [0, 0.05) is 13.1 Å². The Bertz CT molecular complexity index is 313. The van der Waals surface area contributed by atoms with Crippen molar-refractivity contribution in [2.75, 3.05) is 13.1 Å². The number of amides is 1. The summed E-state index contributed by atoms with van der Waals surface area (Å²) in [5.41, 5.74) is 1.65. The van der Waals surface area contributed by atoms with Crippen molar-refractivity contribution >= 4 is 17.2 Å². The second-order valence-corrected chi connectivity index (χ2v) is 4.30. The number of nitrogens with zero attached hydrogens (tertiary/aromatic N) is 2. The molecule has 2 heterocycles. The zero-order valence-electron chi connectivity index (χ0n) is 7.72. The Kier molecular flexibility index (Phi) is 2.79. The normalized spacial score (nSPS) is 22.4. The Morgan fingerprint density at radius 3 is 3.21 bits per heavy atom. The zero-order chi connectivity index (χ0) is 9.97. The van der Waals surface area contributed by atoms with E-state index in [1.807, 2.05) is 0 Å². The van der Waals surface area contributed by atoms with Crippen LogP contribution in [0.3, 0.4) is 0 Å². The molecule has 1 amide bonds. The fourth-order valence-electron chi connectivity index (χ4n) is 1.62. The standard InChI is InChI=1S/C9H12N2O2S/c12-7-2-1-3-11(5-7)9(13)8-4-10-6-14-8/h4,6-7,12H,1-3,5H2/t7-/m0/s1. The molecule has 1 aromatic heterocycles. The van der Waals surface area contributed by atoms with E-state index in [0.29, 0.717) is 11.4 Å². The molecule has 5 heteroatoms. The molecule has 76 valence electrons. The summed E-state index contributed by atoms with van der Waals surface area (Å²) in [5, 5.41) is 9.42. The number of aliphatic hydroxyl groups excluding tert-OH is 1. The topological polar surface area (TPSA) is 53.4 Å². The lowest BCUT2D eigenvalue weighted by atomic mass is 10.1. The van der Waals surface area contributed by atoms with Gasteiger partial charge in [0.15, 0.2) is 0 Å². The molecule has 1 atom stereocenters. The van der Waals surface area contributed by atoms with E-state index in [2.05, 4.69) is 4.98 Å². The first kappa shape index (κ1) is 9.61. The maximum atomic E-state index is 11.8. The molecule has 14 heavy (non-hydrogen) atoms. The summed E-state index contributed by atoms with van der Waals surface area (Å²) >= 11 is 1.34. The Morgan fingerprint density at radius 1 is 1.71 bits per heavy atom. The van der Waals surface area contributed by atoms with Gasteiger partial charge in [0.25, 0.3) is 5.91 Å². The molecule has 0 saturated carbocycles. The molecule has 0 aliphatic carbocycles. The summed E-state index contributed by atoms with van der Waals surface area (Å²) in [5.74, 6) is -0.00810. The predicted molar refractivity (Wildman–Crippen MR) is 53.3 cm³/mol. The highest BCUT2D eigenvalue weighted by Gasteiger charge is 2.23. The van der Waals surface area contributed by atoms with Gasteiger partial charge in [-0.1, -0.05) is 0 Å². The number of β-amino-alcohol motifs (C(OH)–C–C–N with tert-alkyl or cyclic N) is 1. The van der Waals surface area contributed by atoms with Crippen LogP contribution in [0.25, 0.3) is 0 Å². The molecule has 4 nitrogen and oxygen atoms in total. The van der Waals surface area contributed by atoms with Gasteiger partial charge in [-0.2, -0.15) is 0 Å². The molecule has 0 aromatic carbocycles. The highest BCUT2D eigenvalue weighted by atomic mass is 32.1. The Hall–Kier alpha value is -0.940. The number of aliphatic hydroxyl groups is 1. The maximum Gasteiger partial charge on any atom is 0.265 e. The third-order valence-electron chi connectivity index (χ3n) is 2.33. The van der Waals surface area contributed by atoms with Crippen LogP contribution in [0.5, 0.6) is 0 Å². The molecule has 2 rings (SSSR count). The predicted octanol–water partition coefficient (Wildman–Crippen LogP) is 0.740. The summed E-state index contributed by atoms with van der Waals surface area (Å²) in [6.45, 7) is 1.20. The van der Waals surface area contributed by atoms with Crippen LogP contribution in [-0.4, -0.2) is 40.1 Å². The third-order valence-corrected chi connectivity index (χ3v) is 3.09. The number of likely N-dealkylation sites (tertiary alicyclic amines) is 1. The van der Waals surface area contributed by atoms with Crippen LogP contribution in [-0.2, 0) is 0 Å². The SMILES string of the molecule is O=C(c1cncs1)N1CCC[C@H](O)C1. The molecule has 1 fully saturated rings. The number of hydrogen-bond donors (Lipinski definition) is 1. The summed E-state index contributed by atoms with van der Waals surface area (Å²) in [7, 11) is 0. The van der Waals surface area contributed by atoms with E-state index >= 15 is 0 Å². The van der Waals surface area contributed by atoms with Gasteiger partial charge >= 0.3 is 0 Å². The van der Waals surface area contributed by atoms with Crippen molar-refractivity contribution in [2.24, 2.45) is 0 Å². The van der Waals surface area contributed by atoms with Gasteiger partial charge < -0.3 is 10.0 Å². The van der Waals surface area contributed by atoms with Gasteiger partial charge in [-0.25, -0.2) is 0 Å². The van der Waals surface area contributed by atoms with Crippen molar-refractivity contribution < 1.29 is 9.90 Å². The van der Waals surface area contributed by atoms with Gasteiger partial charge in [-0.05, 0) is 12.8 Å². The molecule has 0 radical (unpaired) electrons. The van der Waals surface area contributed by atoms with E-state index in [1.165, 1.54) is 11.3 Å². The smallest absolute Gasteiger partial charge is 0.265 e. The summed E-state index contributed by atoms with van der Waals surface area (Å²) < 4.78 is 0. The number of piperidine rings is 1. The summed E-state index contributed by atoms with van der Waals surface area (Å²) in [4.78, 5) is 18.0. The van der Waals surface area contributed by atoms with E-state index in [0.717, 1.165) is 19.4 Å². The molecular formula is C9H12N2O2S. The fraction of sp³-hybridized carbons (Fsp3) is 0.556. The second-order valence-electron chi connectivity index (χ2n) is 3.41. The molecule has 1 aromatic rings. The van der Waals surface area contributed by atoms with Crippen molar-refractivity contribution in [1.82, 2.24) is 9.88 Å². The highest BCUT2D eigenvalue weighted by Crippen LogP contribution is 2.15. The molecule has 1 aliphatic heterocycles. The first-order chi connectivity index (χ1) is 6.77. The molecule has 1 saturated heterocycles. The minimum absolute atomic E-state index is 0.00810. The first-order valence-corrected chi connectivity index (χ1v) is 5.51. The number of thiazole rings is 1. The Morgan fingerprint density at radius 2 is 2.57 bits per heavy atom. The summed E-state index contributed by atoms with van der Waals surface area (Å²) in [6.07, 6.45) is 2.90. The van der Waals surface area contributed by atoms with Crippen molar-refractivity contribution in [3.05, 3.63) is 16.6 Å². The van der Waals surface area contributed by atoms with Crippen LogP contribution in [0.15, 0.2) is 11.7 Å². The van der Waals surface area contributed by atoms with E-state index in [9.17, 15) is 9.90 Å². The van der Waals surface area contributed by atoms with Crippen LogP contribution in [0, 0.1) is 0 Å². The van der Waals surface area contributed by atoms with Gasteiger partial charge in [-0.3, -0.25) is 9.78 Å². The molecule has 0 spiro atoms. The van der Waals surface area contributed by atoms with E-state index in [1.54, 1.807) is 16.6 Å². The number of carbonyl (C=O) groups is 1. The van der Waals surface area contributed by atoms with Gasteiger partial charge in [0.1, 0.15) is 4.88 Å². The average Bonchev–Trinajstić information content (AvgIpc) is 2.69. The lowest BCUT2D eigenvalue weighted by molar-refractivity contribution is 0.0477. The van der Waals surface area contributed by atoms with Crippen LogP contribution in [0.2, 0.25) is 0 Å². The first-order valence-electron chi connectivity index (χ1n) is 4.63. The quantitative estimate of drug-likeness (QED) is 0.747. The lowest BCUT2D eigenvalue weighted by Crippen LogP contribution is -2.41. The van der Waals surface area contributed by atoms with E-state index in [4.69, 9.17) is 0 Å². The number of rotatable bonds is 1. The Labute approximate surface area is 86.2 Å². The lowest BCUT2D eigenvalue weighted by Gasteiger charge is -2.29. The largest absolute Gasteiger partial charge is 0.391 e. The monoisotopic (exact) mass is 212 g/mol. The Balaban J connectivity index is 2.04. The van der Waals surface area contributed by atoms with Crippen molar-refractivity contribution in [1.29, 1.82) is 0 Å². The molecule has 0 unspecified atom stereocenters. The molecule has 1 N–H and O–H groups in total. The zero-order valence-corrected chi connectivity index (χ0v) is 8.54.